The highest BCUT2D eigenvalue weighted by molar-refractivity contribution is 6.27. The van der Waals surface area contributed by atoms with Crippen LogP contribution in [0.4, 0.5) is 0 Å². The van der Waals surface area contributed by atoms with E-state index in [4.69, 9.17) is 4.74 Å². The van der Waals surface area contributed by atoms with Crippen LogP contribution in [0.2, 0.25) is 0 Å². The fourth-order valence-corrected chi connectivity index (χ4v) is 5.78. The largest absolute Gasteiger partial charge is 0.367 e. The molecule has 4 saturated carbocycles. The van der Waals surface area contributed by atoms with Crippen LogP contribution in [0.1, 0.15) is 38.5 Å². The fraction of sp³-hybridized carbons (Fsp3) is 0.875. The van der Waals surface area contributed by atoms with E-state index in [9.17, 15) is 9.59 Å². The molecule has 4 heteroatoms. The van der Waals surface area contributed by atoms with E-state index in [0.29, 0.717) is 25.0 Å². The first-order valence-corrected chi connectivity index (χ1v) is 8.04. The lowest BCUT2D eigenvalue weighted by Crippen LogP contribution is -2.64. The Kier molecular flexibility index (Phi) is 3.00. The van der Waals surface area contributed by atoms with E-state index in [1.54, 1.807) is 0 Å². The summed E-state index contributed by atoms with van der Waals surface area (Å²) in [4.78, 5) is 24.8. The molecule has 4 nitrogen and oxygen atoms in total. The molecule has 1 saturated heterocycles. The lowest BCUT2D eigenvalue weighted by Gasteiger charge is -2.61. The first-order valence-electron chi connectivity index (χ1n) is 8.04. The Morgan fingerprint density at radius 3 is 2.25 bits per heavy atom. The molecule has 0 spiro atoms. The van der Waals surface area contributed by atoms with Crippen LogP contribution in [0.25, 0.3) is 0 Å². The molecule has 0 amide bonds. The summed E-state index contributed by atoms with van der Waals surface area (Å²) < 4.78 is 5.50. The van der Waals surface area contributed by atoms with Crippen LogP contribution in [0.3, 0.4) is 0 Å². The predicted molar refractivity (Wildman–Crippen MR) is 73.3 cm³/mol. The molecule has 5 fully saturated rings. The standard InChI is InChI=1S/C16H23NO3/c18-10-14(19)15-9-17(1-2-20-15)16-6-11-3-12(7-16)5-13(4-11)8-16/h10-13,15H,1-9H2. The number of carbonyl (C=O) groups is 2. The van der Waals surface area contributed by atoms with E-state index in [1.807, 2.05) is 0 Å². The van der Waals surface area contributed by atoms with Crippen molar-refractivity contribution >= 4 is 12.1 Å². The summed E-state index contributed by atoms with van der Waals surface area (Å²) in [5.41, 5.74) is 0.319. The highest BCUT2D eigenvalue weighted by Gasteiger charge is 2.54. The molecular formula is C16H23NO3. The van der Waals surface area contributed by atoms with Gasteiger partial charge in [-0.25, -0.2) is 0 Å². The maximum absolute atomic E-state index is 11.6. The molecule has 4 aliphatic carbocycles. The molecule has 0 radical (unpaired) electrons. The second kappa shape index (κ2) is 4.63. The summed E-state index contributed by atoms with van der Waals surface area (Å²) in [5.74, 6) is 2.33. The Balaban J connectivity index is 1.54. The molecule has 1 aliphatic heterocycles. The van der Waals surface area contributed by atoms with Gasteiger partial charge in [-0.05, 0) is 56.3 Å². The van der Waals surface area contributed by atoms with Gasteiger partial charge in [0.05, 0.1) is 6.61 Å². The maximum atomic E-state index is 11.6. The lowest BCUT2D eigenvalue weighted by molar-refractivity contribution is -0.155. The molecule has 0 aromatic rings. The number of carbonyl (C=O) groups excluding carboxylic acids is 2. The summed E-state index contributed by atoms with van der Waals surface area (Å²) in [6.45, 7) is 2.14. The van der Waals surface area contributed by atoms with Gasteiger partial charge in [0, 0.05) is 18.6 Å². The number of morpholine rings is 1. The van der Waals surface area contributed by atoms with Gasteiger partial charge in [-0.1, -0.05) is 0 Å². The van der Waals surface area contributed by atoms with Crippen LogP contribution in [-0.4, -0.2) is 48.3 Å². The van der Waals surface area contributed by atoms with Crippen molar-refractivity contribution in [1.82, 2.24) is 4.90 Å². The zero-order chi connectivity index (χ0) is 13.7. The number of ketones is 1. The Morgan fingerprint density at radius 2 is 1.70 bits per heavy atom. The van der Waals surface area contributed by atoms with Gasteiger partial charge < -0.3 is 4.74 Å². The van der Waals surface area contributed by atoms with E-state index in [0.717, 1.165) is 24.3 Å². The van der Waals surface area contributed by atoms with Gasteiger partial charge in [-0.15, -0.1) is 0 Å². The third-order valence-electron chi connectivity index (χ3n) is 6.18. The van der Waals surface area contributed by atoms with E-state index >= 15 is 0 Å². The molecular weight excluding hydrogens is 254 g/mol. The number of hydrogen-bond acceptors (Lipinski definition) is 4. The van der Waals surface area contributed by atoms with E-state index in [2.05, 4.69) is 4.90 Å². The Hall–Kier alpha value is -0.740. The number of Topliss-reactive ketones (excluding diaryl/α,β-unsaturated/α-hetero) is 1. The highest BCUT2D eigenvalue weighted by atomic mass is 16.5. The first-order chi connectivity index (χ1) is 9.68. The normalized spacial score (nSPS) is 47.4. The van der Waals surface area contributed by atoms with Crippen molar-refractivity contribution in [2.45, 2.75) is 50.2 Å². The maximum Gasteiger partial charge on any atom is 0.225 e. The average molecular weight is 277 g/mol. The number of aldehydes is 1. The lowest BCUT2D eigenvalue weighted by atomic mass is 9.52. The van der Waals surface area contributed by atoms with E-state index in [-0.39, 0.29) is 5.78 Å². The molecule has 0 N–H and O–H groups in total. The van der Waals surface area contributed by atoms with Gasteiger partial charge in [0.2, 0.25) is 5.78 Å². The van der Waals surface area contributed by atoms with Crippen LogP contribution in [-0.2, 0) is 14.3 Å². The van der Waals surface area contributed by atoms with Gasteiger partial charge in [0.25, 0.3) is 0 Å². The molecule has 1 unspecified atom stereocenters. The zero-order valence-electron chi connectivity index (χ0n) is 11.9. The van der Waals surface area contributed by atoms with Gasteiger partial charge >= 0.3 is 0 Å². The molecule has 20 heavy (non-hydrogen) atoms. The Bertz CT molecular complexity index is 398. The van der Waals surface area contributed by atoms with Gasteiger partial charge in [0.1, 0.15) is 6.10 Å². The third-order valence-corrected chi connectivity index (χ3v) is 6.18. The minimum absolute atomic E-state index is 0.319. The minimum Gasteiger partial charge on any atom is -0.367 e. The van der Waals surface area contributed by atoms with Gasteiger partial charge in [-0.3, -0.25) is 14.5 Å². The van der Waals surface area contributed by atoms with Gasteiger partial charge in [0.15, 0.2) is 6.29 Å². The molecule has 110 valence electrons. The van der Waals surface area contributed by atoms with Crippen molar-refractivity contribution in [2.75, 3.05) is 19.7 Å². The third kappa shape index (κ3) is 1.96. The Labute approximate surface area is 119 Å². The SMILES string of the molecule is O=CC(=O)C1CN(C23CC4CC(CC(C4)C2)C3)CCO1. The number of rotatable bonds is 3. The number of ether oxygens (including phenoxy) is 1. The van der Waals surface area contributed by atoms with Crippen molar-refractivity contribution in [2.24, 2.45) is 17.8 Å². The Morgan fingerprint density at radius 1 is 1.10 bits per heavy atom. The molecule has 0 aromatic carbocycles. The monoisotopic (exact) mass is 277 g/mol. The fourth-order valence-electron chi connectivity index (χ4n) is 5.78. The molecule has 5 rings (SSSR count). The summed E-state index contributed by atoms with van der Waals surface area (Å²) in [7, 11) is 0. The molecule has 1 atom stereocenters. The molecule has 0 aromatic heterocycles. The van der Waals surface area contributed by atoms with E-state index < -0.39 is 6.10 Å². The van der Waals surface area contributed by atoms with Gasteiger partial charge in [-0.2, -0.15) is 0 Å². The number of nitrogens with zero attached hydrogens (tertiary/aromatic N) is 1. The minimum atomic E-state index is -0.519. The molecule has 5 aliphatic rings. The van der Waals surface area contributed by atoms with Crippen LogP contribution in [0, 0.1) is 17.8 Å². The average Bonchev–Trinajstić information content (AvgIpc) is 2.45. The van der Waals surface area contributed by atoms with E-state index in [1.165, 1.54) is 38.5 Å². The smallest absolute Gasteiger partial charge is 0.225 e. The summed E-state index contributed by atoms with van der Waals surface area (Å²) in [6.07, 6.45) is 8.12. The predicted octanol–water partition coefficient (Wildman–Crippen LogP) is 1.42. The first kappa shape index (κ1) is 13.0. The summed E-state index contributed by atoms with van der Waals surface area (Å²) in [6, 6.07) is 0. The number of hydrogen-bond donors (Lipinski definition) is 0. The van der Waals surface area contributed by atoms with Crippen molar-refractivity contribution in [3.63, 3.8) is 0 Å². The van der Waals surface area contributed by atoms with Crippen LogP contribution >= 0.6 is 0 Å². The molecule has 1 heterocycles. The summed E-state index contributed by atoms with van der Waals surface area (Å²) in [5, 5.41) is 0. The topological polar surface area (TPSA) is 46.6 Å². The second-order valence-electron chi connectivity index (χ2n) is 7.47. The van der Waals surface area contributed by atoms with Crippen molar-refractivity contribution in [1.29, 1.82) is 0 Å². The van der Waals surface area contributed by atoms with Crippen LogP contribution in [0.5, 0.6) is 0 Å². The van der Waals surface area contributed by atoms with Crippen LogP contribution < -0.4 is 0 Å². The zero-order valence-corrected chi connectivity index (χ0v) is 11.9. The van der Waals surface area contributed by atoms with Crippen molar-refractivity contribution in [3.05, 3.63) is 0 Å². The van der Waals surface area contributed by atoms with Crippen molar-refractivity contribution in [3.8, 4) is 0 Å². The second-order valence-corrected chi connectivity index (χ2v) is 7.47. The highest BCUT2D eigenvalue weighted by Crippen LogP contribution is 2.57. The van der Waals surface area contributed by atoms with Crippen LogP contribution in [0.15, 0.2) is 0 Å². The molecule has 4 bridgehead atoms. The quantitative estimate of drug-likeness (QED) is 0.578. The van der Waals surface area contributed by atoms with Crippen molar-refractivity contribution < 1.29 is 14.3 Å². The summed E-state index contributed by atoms with van der Waals surface area (Å²) >= 11 is 0.